The van der Waals surface area contributed by atoms with Gasteiger partial charge in [0.05, 0.1) is 5.41 Å². The lowest BCUT2D eigenvalue weighted by Gasteiger charge is -2.38. The lowest BCUT2D eigenvalue weighted by atomic mass is 9.73. The fourth-order valence-corrected chi connectivity index (χ4v) is 5.88. The van der Waals surface area contributed by atoms with Crippen LogP contribution in [0, 0.1) is 11.8 Å². The smallest absolute Gasteiger partial charge is 0.235 e. The van der Waals surface area contributed by atoms with Gasteiger partial charge in [-0.25, -0.2) is 0 Å². The molecule has 2 aromatic carbocycles. The average Bonchev–Trinajstić information content (AvgIpc) is 3.15. The molecule has 0 aromatic heterocycles. The molecule has 0 radical (unpaired) electrons. The number of aryl methyl sites for hydroxylation is 1. The number of fused-ring (bicyclic) bond motifs is 3. The van der Waals surface area contributed by atoms with Crippen LogP contribution in [0.15, 0.2) is 36.4 Å². The number of anilines is 2. The number of carbonyl (C=O) groups excluding carboxylic acids is 2. The fraction of sp³-hybridized carbons (Fsp3) is 0.484. The van der Waals surface area contributed by atoms with Gasteiger partial charge >= 0.3 is 0 Å². The number of nitrogens with one attached hydrogen (secondary N) is 1. The number of likely N-dealkylation sites (tertiary alicyclic amines) is 1. The highest BCUT2D eigenvalue weighted by molar-refractivity contribution is 6.06. The largest absolute Gasteiger partial charge is 0.492 e. The van der Waals surface area contributed by atoms with Crippen LogP contribution in [0.5, 0.6) is 5.75 Å². The lowest BCUT2D eigenvalue weighted by molar-refractivity contribution is -0.122. The topological polar surface area (TPSA) is 61.9 Å². The third kappa shape index (κ3) is 4.98. The van der Waals surface area contributed by atoms with Crippen LogP contribution in [0.1, 0.15) is 69.6 Å². The first-order valence-electron chi connectivity index (χ1n) is 13.7. The Kier molecular flexibility index (Phi) is 7.26. The Balaban J connectivity index is 1.18. The van der Waals surface area contributed by atoms with E-state index in [9.17, 15) is 9.59 Å². The molecule has 6 nitrogen and oxygen atoms in total. The van der Waals surface area contributed by atoms with E-state index >= 15 is 0 Å². The van der Waals surface area contributed by atoms with E-state index in [4.69, 9.17) is 4.74 Å². The fourth-order valence-electron chi connectivity index (χ4n) is 5.88. The van der Waals surface area contributed by atoms with Crippen molar-refractivity contribution in [1.82, 2.24) is 4.90 Å². The highest BCUT2D eigenvalue weighted by Crippen LogP contribution is 2.45. The summed E-state index contributed by atoms with van der Waals surface area (Å²) in [7, 11) is 0. The van der Waals surface area contributed by atoms with E-state index in [2.05, 4.69) is 55.0 Å². The second-order valence-electron chi connectivity index (χ2n) is 10.7. The maximum atomic E-state index is 13.1. The first-order chi connectivity index (χ1) is 17.9. The van der Waals surface area contributed by atoms with Gasteiger partial charge in [0.25, 0.3) is 0 Å². The molecular weight excluding hydrogens is 462 g/mol. The van der Waals surface area contributed by atoms with Crippen LogP contribution in [0.25, 0.3) is 0 Å². The molecule has 1 N–H and O–H groups in total. The number of carbonyl (C=O) groups is 2. The average molecular weight is 500 g/mol. The summed E-state index contributed by atoms with van der Waals surface area (Å²) in [4.78, 5) is 29.7. The summed E-state index contributed by atoms with van der Waals surface area (Å²) in [5.74, 6) is 7.65. The van der Waals surface area contributed by atoms with E-state index < -0.39 is 5.41 Å². The second kappa shape index (κ2) is 10.6. The maximum absolute atomic E-state index is 13.1. The zero-order valence-electron chi connectivity index (χ0n) is 22.2. The SMILES string of the molecule is CCCC#Cc1ccc2c(c1)C1(CCN(CCOc3ccc4c(c3)CCC(=O)N4C(C)C)CC1)C(=O)N2. The van der Waals surface area contributed by atoms with Gasteiger partial charge in [-0.15, -0.1) is 0 Å². The molecular formula is C31H37N3O3. The van der Waals surface area contributed by atoms with Crippen molar-refractivity contribution in [1.29, 1.82) is 0 Å². The number of piperidine rings is 1. The number of unbranched alkanes of at least 4 members (excludes halogenated alkanes) is 1. The molecule has 0 aliphatic carbocycles. The first-order valence-corrected chi connectivity index (χ1v) is 13.7. The summed E-state index contributed by atoms with van der Waals surface area (Å²) in [5, 5.41) is 3.11. The van der Waals surface area contributed by atoms with E-state index in [0.717, 1.165) is 80.0 Å². The summed E-state index contributed by atoms with van der Waals surface area (Å²) >= 11 is 0. The molecule has 6 heteroatoms. The minimum absolute atomic E-state index is 0.125. The van der Waals surface area contributed by atoms with Crippen molar-refractivity contribution in [3.05, 3.63) is 53.1 Å². The van der Waals surface area contributed by atoms with Crippen molar-refractivity contribution in [2.24, 2.45) is 0 Å². The molecule has 3 aliphatic heterocycles. The molecule has 0 unspecified atom stereocenters. The number of hydrogen-bond acceptors (Lipinski definition) is 4. The Morgan fingerprint density at radius 3 is 2.65 bits per heavy atom. The predicted octanol–water partition coefficient (Wildman–Crippen LogP) is 4.89. The van der Waals surface area contributed by atoms with Crippen molar-refractivity contribution in [2.45, 2.75) is 70.8 Å². The zero-order chi connectivity index (χ0) is 26.0. The molecule has 0 atom stereocenters. The van der Waals surface area contributed by atoms with Crippen LogP contribution in [0.2, 0.25) is 0 Å². The standard InChI is InChI=1S/C31H37N3O3/c1-4-5-6-7-23-8-11-27-26(20-23)31(30(36)32-27)14-16-33(17-15-31)18-19-37-25-10-12-28-24(21-25)9-13-29(35)34(28)22(2)3/h8,10-12,20-22H,4-5,9,13-19H2,1-3H3,(H,32,36). The van der Waals surface area contributed by atoms with Gasteiger partial charge in [0, 0.05) is 42.4 Å². The van der Waals surface area contributed by atoms with E-state index in [-0.39, 0.29) is 17.9 Å². The molecule has 5 rings (SSSR count). The first kappa shape index (κ1) is 25.4. The Bertz CT molecular complexity index is 1250. The minimum atomic E-state index is -0.451. The van der Waals surface area contributed by atoms with Gasteiger partial charge in [-0.05, 0) is 100 Å². The molecule has 194 valence electrons. The predicted molar refractivity (Wildman–Crippen MR) is 147 cm³/mol. The Morgan fingerprint density at radius 2 is 1.89 bits per heavy atom. The van der Waals surface area contributed by atoms with Gasteiger partial charge in [-0.1, -0.05) is 18.8 Å². The van der Waals surface area contributed by atoms with Gasteiger partial charge in [-0.2, -0.15) is 0 Å². The van der Waals surface area contributed by atoms with E-state index in [0.29, 0.717) is 13.0 Å². The summed E-state index contributed by atoms with van der Waals surface area (Å²) in [6, 6.07) is 12.4. The van der Waals surface area contributed by atoms with Crippen LogP contribution in [-0.4, -0.2) is 49.0 Å². The summed E-state index contributed by atoms with van der Waals surface area (Å²) in [6.07, 6.45) is 4.85. The molecule has 0 saturated carbocycles. The third-order valence-corrected chi connectivity index (χ3v) is 7.92. The molecule has 2 aromatic rings. The zero-order valence-corrected chi connectivity index (χ0v) is 22.2. The van der Waals surface area contributed by atoms with Crippen LogP contribution in [-0.2, 0) is 21.4 Å². The minimum Gasteiger partial charge on any atom is -0.492 e. The number of nitrogens with zero attached hydrogens (tertiary/aromatic N) is 2. The second-order valence-corrected chi connectivity index (χ2v) is 10.7. The van der Waals surface area contributed by atoms with Gasteiger partial charge < -0.3 is 15.0 Å². The van der Waals surface area contributed by atoms with Gasteiger partial charge in [0.1, 0.15) is 12.4 Å². The lowest BCUT2D eigenvalue weighted by Crippen LogP contribution is -2.47. The Hall–Kier alpha value is -3.30. The monoisotopic (exact) mass is 499 g/mol. The van der Waals surface area contributed by atoms with Crippen LogP contribution >= 0.6 is 0 Å². The van der Waals surface area contributed by atoms with Crippen molar-refractivity contribution in [2.75, 3.05) is 36.5 Å². The van der Waals surface area contributed by atoms with Crippen LogP contribution in [0.3, 0.4) is 0 Å². The number of amides is 2. The number of benzene rings is 2. The molecule has 1 spiro atoms. The van der Waals surface area contributed by atoms with Crippen molar-refractivity contribution >= 4 is 23.2 Å². The number of ether oxygens (including phenoxy) is 1. The quantitative estimate of drug-likeness (QED) is 0.575. The molecule has 1 saturated heterocycles. The van der Waals surface area contributed by atoms with Crippen molar-refractivity contribution in [3.8, 4) is 17.6 Å². The molecule has 37 heavy (non-hydrogen) atoms. The number of rotatable bonds is 6. The van der Waals surface area contributed by atoms with E-state index in [1.807, 2.05) is 29.2 Å². The third-order valence-electron chi connectivity index (χ3n) is 7.92. The summed E-state index contributed by atoms with van der Waals surface area (Å²) < 4.78 is 6.11. The molecule has 3 aliphatic rings. The number of hydrogen-bond donors (Lipinski definition) is 1. The van der Waals surface area contributed by atoms with Gasteiger partial charge in [0.15, 0.2) is 0 Å². The van der Waals surface area contributed by atoms with Crippen LogP contribution < -0.4 is 15.0 Å². The van der Waals surface area contributed by atoms with Gasteiger partial charge in [0.2, 0.25) is 11.8 Å². The van der Waals surface area contributed by atoms with E-state index in [1.54, 1.807) is 0 Å². The Labute approximate surface area is 220 Å². The maximum Gasteiger partial charge on any atom is 0.235 e. The molecule has 2 amide bonds. The molecule has 0 bridgehead atoms. The highest BCUT2D eigenvalue weighted by Gasteiger charge is 2.48. The summed E-state index contributed by atoms with van der Waals surface area (Å²) in [6.45, 7) is 9.36. The normalized spacial score (nSPS) is 18.3. The highest BCUT2D eigenvalue weighted by atomic mass is 16.5. The summed E-state index contributed by atoms with van der Waals surface area (Å²) in [5.41, 5.74) is 4.77. The van der Waals surface area contributed by atoms with Crippen molar-refractivity contribution in [3.63, 3.8) is 0 Å². The van der Waals surface area contributed by atoms with Crippen LogP contribution in [0.4, 0.5) is 11.4 Å². The Morgan fingerprint density at radius 1 is 1.08 bits per heavy atom. The van der Waals surface area contributed by atoms with Crippen molar-refractivity contribution < 1.29 is 14.3 Å². The van der Waals surface area contributed by atoms with E-state index in [1.165, 1.54) is 5.56 Å². The van der Waals surface area contributed by atoms with Gasteiger partial charge in [-0.3, -0.25) is 14.5 Å². The molecule has 1 fully saturated rings. The molecule has 3 heterocycles.